The highest BCUT2D eigenvalue weighted by Gasteiger charge is 2.47. The van der Waals surface area contributed by atoms with Crippen molar-refractivity contribution in [2.75, 3.05) is 26.4 Å². The monoisotopic (exact) mass is 945 g/mol. The number of aliphatic hydroxyl groups excluding tert-OH is 7. The summed E-state index contributed by atoms with van der Waals surface area (Å²) in [4.78, 5) is 25.8. The highest BCUT2D eigenvalue weighted by atomic mass is 16.7. The molecule has 0 saturated carbocycles. The molecular weight excluding hydrogens is 853 g/mol. The van der Waals surface area contributed by atoms with E-state index in [1.165, 1.54) is 116 Å². The molecule has 15 heteroatoms. The Morgan fingerprint density at radius 3 is 1.24 bits per heavy atom. The molecule has 15 nitrogen and oxygen atoms in total. The maximum absolute atomic E-state index is 13.0. The fourth-order valence-corrected chi connectivity index (χ4v) is 8.41. The van der Waals surface area contributed by atoms with E-state index in [4.69, 9.17) is 28.4 Å². The summed E-state index contributed by atoms with van der Waals surface area (Å²) < 4.78 is 33.6. The molecule has 0 amide bonds. The SMILES string of the molecule is C=CCCCCCCCCCCCCCCCC(=O)OC[C@H](CO[C@@H]1O[C@H](CO[C@@H]2O[C@H](CO)[C@H](O)C(O)C2O)[C@H](O)C(O)C1O)OC(=O)CCCCCCCCCCCCCCCC=C. The molecule has 0 aromatic carbocycles. The zero-order valence-electron chi connectivity index (χ0n) is 40.4. The van der Waals surface area contributed by atoms with Crippen LogP contribution in [-0.4, -0.2) is 142 Å². The Morgan fingerprint density at radius 2 is 0.818 bits per heavy atom. The summed E-state index contributed by atoms with van der Waals surface area (Å²) in [7, 11) is 0. The maximum atomic E-state index is 13.0. The number of esters is 2. The summed E-state index contributed by atoms with van der Waals surface area (Å²) in [5, 5.41) is 72.1. The van der Waals surface area contributed by atoms with Gasteiger partial charge in [0.1, 0.15) is 55.4 Å². The van der Waals surface area contributed by atoms with Gasteiger partial charge in [-0.15, -0.1) is 13.2 Å². The third kappa shape index (κ3) is 26.7. The minimum Gasteiger partial charge on any atom is -0.462 e. The van der Waals surface area contributed by atoms with E-state index in [-0.39, 0.29) is 26.1 Å². The Bertz CT molecular complexity index is 1220. The number of rotatable bonds is 42. The van der Waals surface area contributed by atoms with E-state index in [2.05, 4.69) is 13.2 Å². The molecule has 386 valence electrons. The average Bonchev–Trinajstić information content (AvgIpc) is 3.31. The minimum absolute atomic E-state index is 0.165. The molecule has 7 N–H and O–H groups in total. The van der Waals surface area contributed by atoms with E-state index in [0.29, 0.717) is 12.8 Å². The molecule has 0 bridgehead atoms. The van der Waals surface area contributed by atoms with Gasteiger partial charge in [0.25, 0.3) is 0 Å². The van der Waals surface area contributed by atoms with Crippen LogP contribution in [0.1, 0.15) is 193 Å². The lowest BCUT2D eigenvalue weighted by molar-refractivity contribution is -0.332. The lowest BCUT2D eigenvalue weighted by atomic mass is 9.98. The van der Waals surface area contributed by atoms with Gasteiger partial charge < -0.3 is 64.2 Å². The Labute approximate surface area is 396 Å². The van der Waals surface area contributed by atoms with Gasteiger partial charge >= 0.3 is 11.9 Å². The highest BCUT2D eigenvalue weighted by molar-refractivity contribution is 5.70. The van der Waals surface area contributed by atoms with Crippen LogP contribution in [0.25, 0.3) is 0 Å². The third-order valence-corrected chi connectivity index (χ3v) is 12.7. The number of aliphatic hydroxyl groups is 7. The molecule has 11 atom stereocenters. The first kappa shape index (κ1) is 60.1. The molecule has 0 aromatic rings. The lowest BCUT2D eigenvalue weighted by Gasteiger charge is -2.42. The first-order chi connectivity index (χ1) is 32.0. The van der Waals surface area contributed by atoms with Gasteiger partial charge in [-0.1, -0.05) is 153 Å². The lowest BCUT2D eigenvalue weighted by Crippen LogP contribution is -2.61. The minimum atomic E-state index is -1.76. The normalized spacial score (nSPS) is 25.9. The van der Waals surface area contributed by atoms with Crippen LogP contribution < -0.4 is 0 Å². The molecule has 2 aliphatic heterocycles. The Hall–Kier alpha value is -2.02. The molecule has 0 aromatic heterocycles. The molecule has 0 spiro atoms. The second-order valence-electron chi connectivity index (χ2n) is 18.5. The number of carbonyl (C=O) groups is 2. The predicted octanol–water partition coefficient (Wildman–Crippen LogP) is 7.16. The van der Waals surface area contributed by atoms with Gasteiger partial charge in [0.05, 0.1) is 19.8 Å². The first-order valence-corrected chi connectivity index (χ1v) is 25.8. The van der Waals surface area contributed by atoms with Crippen molar-refractivity contribution in [1.82, 2.24) is 0 Å². The van der Waals surface area contributed by atoms with Gasteiger partial charge in [0.2, 0.25) is 0 Å². The van der Waals surface area contributed by atoms with Crippen molar-refractivity contribution in [1.29, 1.82) is 0 Å². The largest absolute Gasteiger partial charge is 0.462 e. The summed E-state index contributed by atoms with van der Waals surface area (Å²) in [5.41, 5.74) is 0. The standard InChI is InChI=1S/C51H92O15/c1-3-5-7-9-11-13-15-17-19-21-23-25-27-29-31-33-42(53)61-36-39(64-43(54)34-32-30-28-26-24-22-20-18-16-14-12-10-8-6-4-2)37-62-50-49(60)47(58)45(56)41(66-50)38-63-51-48(59)46(57)44(55)40(35-52)65-51/h3-4,39-41,44-52,55-60H,1-2,5-38H2/t39-,40-,41-,44+,45+,46?,47?,48?,49?,50-,51-/m1/s1. The smallest absolute Gasteiger partial charge is 0.306 e. The molecule has 66 heavy (non-hydrogen) atoms. The molecule has 2 heterocycles. The molecule has 0 radical (unpaired) electrons. The average molecular weight is 945 g/mol. The summed E-state index contributed by atoms with van der Waals surface area (Å²) in [6, 6.07) is 0. The van der Waals surface area contributed by atoms with E-state index in [1.54, 1.807) is 0 Å². The van der Waals surface area contributed by atoms with Crippen LogP contribution in [0.2, 0.25) is 0 Å². The molecule has 2 aliphatic rings. The maximum Gasteiger partial charge on any atom is 0.306 e. The van der Waals surface area contributed by atoms with Gasteiger partial charge in [0.15, 0.2) is 18.7 Å². The van der Waals surface area contributed by atoms with Gasteiger partial charge in [-0.2, -0.15) is 0 Å². The van der Waals surface area contributed by atoms with E-state index in [9.17, 15) is 45.3 Å². The van der Waals surface area contributed by atoms with Crippen molar-refractivity contribution < 1.29 is 73.8 Å². The van der Waals surface area contributed by atoms with Gasteiger partial charge in [-0.05, 0) is 38.5 Å². The highest BCUT2D eigenvalue weighted by Crippen LogP contribution is 2.27. The van der Waals surface area contributed by atoms with Crippen molar-refractivity contribution in [3.8, 4) is 0 Å². The van der Waals surface area contributed by atoms with Gasteiger partial charge in [-0.3, -0.25) is 9.59 Å². The molecular formula is C51H92O15. The second kappa shape index (κ2) is 38.8. The molecule has 2 saturated heterocycles. The van der Waals surface area contributed by atoms with Crippen LogP contribution in [0, 0.1) is 0 Å². The van der Waals surface area contributed by atoms with Crippen LogP contribution >= 0.6 is 0 Å². The van der Waals surface area contributed by atoms with Crippen molar-refractivity contribution in [2.45, 2.75) is 260 Å². The Balaban J connectivity index is 1.79. The Kier molecular flexibility index (Phi) is 35.3. The molecule has 4 unspecified atom stereocenters. The molecule has 2 fully saturated rings. The number of carbonyl (C=O) groups excluding carboxylic acids is 2. The van der Waals surface area contributed by atoms with Crippen LogP contribution in [0.4, 0.5) is 0 Å². The summed E-state index contributed by atoms with van der Waals surface area (Å²) in [6.45, 7) is 5.67. The fraction of sp³-hybridized carbons (Fsp3) is 0.882. The summed E-state index contributed by atoms with van der Waals surface area (Å²) >= 11 is 0. The van der Waals surface area contributed by atoms with Crippen LogP contribution in [0.15, 0.2) is 25.3 Å². The van der Waals surface area contributed by atoms with E-state index < -0.39 is 92.7 Å². The van der Waals surface area contributed by atoms with Gasteiger partial charge in [0, 0.05) is 12.8 Å². The van der Waals surface area contributed by atoms with E-state index in [0.717, 1.165) is 51.4 Å². The summed E-state index contributed by atoms with van der Waals surface area (Å²) in [6.07, 6.45) is 19.9. The zero-order valence-corrected chi connectivity index (χ0v) is 40.4. The Morgan fingerprint density at radius 1 is 0.455 bits per heavy atom. The topological polar surface area (TPSA) is 231 Å². The van der Waals surface area contributed by atoms with Crippen molar-refractivity contribution in [2.24, 2.45) is 0 Å². The third-order valence-electron chi connectivity index (χ3n) is 12.7. The quantitative estimate of drug-likeness (QED) is 0.0183. The predicted molar refractivity (Wildman–Crippen MR) is 252 cm³/mol. The number of hydrogen-bond donors (Lipinski definition) is 7. The number of unbranched alkanes of at least 4 members (excludes halogenated alkanes) is 26. The van der Waals surface area contributed by atoms with Crippen LogP contribution in [-0.2, 0) is 38.0 Å². The number of ether oxygens (including phenoxy) is 6. The fourth-order valence-electron chi connectivity index (χ4n) is 8.41. The van der Waals surface area contributed by atoms with E-state index in [1.807, 2.05) is 12.2 Å². The number of allylic oxidation sites excluding steroid dienone is 2. The van der Waals surface area contributed by atoms with E-state index >= 15 is 0 Å². The summed E-state index contributed by atoms with van der Waals surface area (Å²) in [5.74, 6) is -0.924. The number of hydrogen-bond acceptors (Lipinski definition) is 15. The second-order valence-corrected chi connectivity index (χ2v) is 18.5. The van der Waals surface area contributed by atoms with Crippen LogP contribution in [0.3, 0.4) is 0 Å². The van der Waals surface area contributed by atoms with Crippen LogP contribution in [0.5, 0.6) is 0 Å². The van der Waals surface area contributed by atoms with Gasteiger partial charge in [-0.25, -0.2) is 0 Å². The first-order valence-electron chi connectivity index (χ1n) is 25.8. The van der Waals surface area contributed by atoms with Crippen molar-refractivity contribution >= 4 is 11.9 Å². The zero-order chi connectivity index (χ0) is 48.2. The molecule has 0 aliphatic carbocycles. The van der Waals surface area contributed by atoms with Crippen molar-refractivity contribution in [3.05, 3.63) is 25.3 Å². The van der Waals surface area contributed by atoms with Crippen molar-refractivity contribution in [3.63, 3.8) is 0 Å². The molecule has 2 rings (SSSR count).